The van der Waals surface area contributed by atoms with Crippen LogP contribution in [0.3, 0.4) is 0 Å². The topological polar surface area (TPSA) is 59.1 Å². The number of nitrogens with one attached hydrogen (secondary N) is 2. The Labute approximate surface area is 127 Å². The molecule has 0 aliphatic carbocycles. The summed E-state index contributed by atoms with van der Waals surface area (Å²) in [4.78, 5) is 9.09. The number of hydrogen-bond donors (Lipinski definition) is 2. The van der Waals surface area contributed by atoms with Crippen molar-refractivity contribution < 1.29 is 4.74 Å². The molecule has 0 amide bonds. The fraction of sp³-hybridized carbons (Fsp3) is 0.750. The number of anilines is 2. The summed E-state index contributed by atoms with van der Waals surface area (Å²) in [7, 11) is 0. The molecule has 0 saturated carbocycles. The van der Waals surface area contributed by atoms with Crippen LogP contribution >= 0.6 is 0 Å². The highest BCUT2D eigenvalue weighted by Gasteiger charge is 2.29. The van der Waals surface area contributed by atoms with Crippen LogP contribution in [0.4, 0.5) is 11.6 Å². The van der Waals surface area contributed by atoms with Gasteiger partial charge < -0.3 is 15.4 Å². The maximum atomic E-state index is 5.78. The van der Waals surface area contributed by atoms with E-state index in [0.29, 0.717) is 6.04 Å². The summed E-state index contributed by atoms with van der Waals surface area (Å²) in [5.41, 5.74) is 1.04. The van der Waals surface area contributed by atoms with E-state index in [-0.39, 0.29) is 5.60 Å². The number of rotatable bonds is 5. The van der Waals surface area contributed by atoms with Gasteiger partial charge in [0.2, 0.25) is 0 Å². The second-order valence-electron chi connectivity index (χ2n) is 6.46. The molecule has 0 bridgehead atoms. The van der Waals surface area contributed by atoms with Crippen LogP contribution in [-0.4, -0.2) is 34.8 Å². The van der Waals surface area contributed by atoms with Crippen molar-refractivity contribution >= 4 is 11.6 Å². The Hall–Kier alpha value is -1.36. The van der Waals surface area contributed by atoms with E-state index < -0.39 is 0 Å². The maximum absolute atomic E-state index is 5.78. The van der Waals surface area contributed by atoms with Crippen LogP contribution in [0.2, 0.25) is 0 Å². The molecule has 5 heteroatoms. The molecule has 0 spiro atoms. The van der Waals surface area contributed by atoms with Crippen molar-refractivity contribution in [2.75, 3.05) is 23.8 Å². The van der Waals surface area contributed by atoms with Crippen molar-refractivity contribution in [3.8, 4) is 0 Å². The average Bonchev–Trinajstić information content (AvgIpc) is 2.39. The zero-order valence-electron chi connectivity index (χ0n) is 13.9. The molecule has 0 radical (unpaired) electrons. The molecule has 1 fully saturated rings. The Morgan fingerprint density at radius 2 is 1.95 bits per heavy atom. The minimum atomic E-state index is -0.0603. The van der Waals surface area contributed by atoms with Gasteiger partial charge >= 0.3 is 0 Å². The third kappa shape index (κ3) is 4.30. The quantitative estimate of drug-likeness (QED) is 0.872. The van der Waals surface area contributed by atoms with Crippen LogP contribution in [0.25, 0.3) is 0 Å². The van der Waals surface area contributed by atoms with Gasteiger partial charge in [-0.3, -0.25) is 0 Å². The van der Waals surface area contributed by atoms with E-state index in [9.17, 15) is 0 Å². The minimum absolute atomic E-state index is 0.0603. The van der Waals surface area contributed by atoms with E-state index in [2.05, 4.69) is 48.3 Å². The summed E-state index contributed by atoms with van der Waals surface area (Å²) < 4.78 is 5.78. The third-order valence-corrected chi connectivity index (χ3v) is 3.84. The Kier molecular flexibility index (Phi) is 5.04. The first-order valence-electron chi connectivity index (χ1n) is 7.91. The smallest absolute Gasteiger partial charge is 0.134 e. The second-order valence-corrected chi connectivity index (χ2v) is 6.46. The van der Waals surface area contributed by atoms with E-state index in [4.69, 9.17) is 4.74 Å². The first kappa shape index (κ1) is 16.0. The van der Waals surface area contributed by atoms with Crippen LogP contribution in [0.1, 0.15) is 51.4 Å². The molecule has 1 aromatic rings. The first-order valence-corrected chi connectivity index (χ1v) is 7.91. The Morgan fingerprint density at radius 3 is 2.62 bits per heavy atom. The van der Waals surface area contributed by atoms with Crippen LogP contribution in [-0.2, 0) is 4.74 Å². The van der Waals surface area contributed by atoms with E-state index in [1.807, 2.05) is 6.92 Å². The number of aromatic nitrogens is 2. The molecule has 1 aliphatic rings. The lowest BCUT2D eigenvalue weighted by Gasteiger charge is -2.36. The second kappa shape index (κ2) is 6.60. The summed E-state index contributed by atoms with van der Waals surface area (Å²) in [6.45, 7) is 12.2. The van der Waals surface area contributed by atoms with Gasteiger partial charge in [0.25, 0.3) is 0 Å². The molecule has 0 aromatic carbocycles. The summed E-state index contributed by atoms with van der Waals surface area (Å²) >= 11 is 0. The van der Waals surface area contributed by atoms with Crippen molar-refractivity contribution in [3.05, 3.63) is 11.4 Å². The standard InChI is InChI=1S/C16H28N4O/c1-6-8-17-14-11(2)15(19-12(3)18-14)20-13-7-9-21-16(4,5)10-13/h13H,6-10H2,1-5H3,(H2,17,18,19,20). The Morgan fingerprint density at radius 1 is 1.24 bits per heavy atom. The summed E-state index contributed by atoms with van der Waals surface area (Å²) in [6.07, 6.45) is 3.09. The minimum Gasteiger partial charge on any atom is -0.375 e. The highest BCUT2D eigenvalue weighted by molar-refractivity contribution is 5.57. The molecule has 2 rings (SSSR count). The maximum Gasteiger partial charge on any atom is 0.134 e. The molecule has 5 nitrogen and oxygen atoms in total. The molecule has 1 unspecified atom stereocenters. The fourth-order valence-electron chi connectivity index (χ4n) is 2.73. The summed E-state index contributed by atoms with van der Waals surface area (Å²) in [5.74, 6) is 2.69. The van der Waals surface area contributed by atoms with E-state index in [1.165, 1.54) is 0 Å². The lowest BCUT2D eigenvalue weighted by atomic mass is 9.94. The van der Waals surface area contributed by atoms with E-state index in [0.717, 1.165) is 55.4 Å². The molecule has 1 saturated heterocycles. The third-order valence-electron chi connectivity index (χ3n) is 3.84. The monoisotopic (exact) mass is 292 g/mol. The van der Waals surface area contributed by atoms with Crippen molar-refractivity contribution in [3.63, 3.8) is 0 Å². The zero-order valence-corrected chi connectivity index (χ0v) is 13.9. The fourth-order valence-corrected chi connectivity index (χ4v) is 2.73. The molecule has 1 atom stereocenters. The number of hydrogen-bond acceptors (Lipinski definition) is 5. The number of aryl methyl sites for hydroxylation is 1. The van der Waals surface area contributed by atoms with Gasteiger partial charge in [-0.15, -0.1) is 0 Å². The Bertz CT molecular complexity index is 487. The zero-order chi connectivity index (χ0) is 15.5. The molecule has 2 heterocycles. The van der Waals surface area contributed by atoms with Crippen LogP contribution in [0, 0.1) is 13.8 Å². The number of ether oxygens (including phenoxy) is 1. The van der Waals surface area contributed by atoms with Gasteiger partial charge in [-0.25, -0.2) is 9.97 Å². The highest BCUT2D eigenvalue weighted by atomic mass is 16.5. The normalized spacial score (nSPS) is 21.1. The molecule has 118 valence electrons. The molecule has 21 heavy (non-hydrogen) atoms. The van der Waals surface area contributed by atoms with Gasteiger partial charge in [0, 0.05) is 24.8 Å². The SMILES string of the molecule is CCCNc1nc(C)nc(NC2CCOC(C)(C)C2)c1C. The number of nitrogens with zero attached hydrogens (tertiary/aromatic N) is 2. The van der Waals surface area contributed by atoms with Gasteiger partial charge in [-0.05, 0) is 47.0 Å². The molecular weight excluding hydrogens is 264 g/mol. The van der Waals surface area contributed by atoms with Crippen LogP contribution < -0.4 is 10.6 Å². The highest BCUT2D eigenvalue weighted by Crippen LogP contribution is 2.28. The van der Waals surface area contributed by atoms with Crippen LogP contribution in [0.5, 0.6) is 0 Å². The summed E-state index contributed by atoms with van der Waals surface area (Å²) in [5, 5.41) is 6.97. The Balaban J connectivity index is 2.13. The molecule has 1 aromatic heterocycles. The predicted molar refractivity (Wildman–Crippen MR) is 87.0 cm³/mol. The predicted octanol–water partition coefficient (Wildman–Crippen LogP) is 3.28. The summed E-state index contributed by atoms with van der Waals surface area (Å²) in [6, 6.07) is 0.403. The van der Waals surface area contributed by atoms with Crippen molar-refractivity contribution in [1.29, 1.82) is 0 Å². The van der Waals surface area contributed by atoms with Gasteiger partial charge in [-0.2, -0.15) is 0 Å². The lowest BCUT2D eigenvalue weighted by Crippen LogP contribution is -2.40. The van der Waals surface area contributed by atoms with Gasteiger partial charge in [0.1, 0.15) is 17.5 Å². The van der Waals surface area contributed by atoms with Gasteiger partial charge in [-0.1, -0.05) is 6.92 Å². The van der Waals surface area contributed by atoms with Gasteiger partial charge in [0.05, 0.1) is 5.60 Å². The molecule has 1 aliphatic heterocycles. The van der Waals surface area contributed by atoms with Crippen LogP contribution in [0.15, 0.2) is 0 Å². The largest absolute Gasteiger partial charge is 0.375 e. The van der Waals surface area contributed by atoms with Crippen molar-refractivity contribution in [1.82, 2.24) is 9.97 Å². The average molecular weight is 292 g/mol. The van der Waals surface area contributed by atoms with Crippen molar-refractivity contribution in [2.24, 2.45) is 0 Å². The lowest BCUT2D eigenvalue weighted by molar-refractivity contribution is -0.0553. The molecular formula is C16H28N4O. The van der Waals surface area contributed by atoms with Gasteiger partial charge in [0.15, 0.2) is 0 Å². The molecule has 2 N–H and O–H groups in total. The van der Waals surface area contributed by atoms with Crippen molar-refractivity contribution in [2.45, 2.75) is 65.5 Å². The first-order chi connectivity index (χ1) is 9.91. The van der Waals surface area contributed by atoms with E-state index >= 15 is 0 Å². The van der Waals surface area contributed by atoms with E-state index in [1.54, 1.807) is 0 Å².